The van der Waals surface area contributed by atoms with E-state index >= 15 is 0 Å². The molecule has 27 heavy (non-hydrogen) atoms. The Balaban J connectivity index is 2.19. The lowest BCUT2D eigenvalue weighted by Gasteiger charge is -2.17. The monoisotopic (exact) mass is 385 g/mol. The standard InChI is InChI=1S/C19H13F6NO/c20-18(21,22)14-8-4-7-13-12(9-15(27)11-5-2-1-3-6-11)10-16(19(23,24)25)26-17(13)14/h1-8,10,15,27H,9H2. The predicted molar refractivity (Wildman–Crippen MR) is 86.9 cm³/mol. The molecule has 1 aromatic heterocycles. The largest absolute Gasteiger partial charge is 0.433 e. The van der Waals surface area contributed by atoms with Crippen LogP contribution in [-0.2, 0) is 18.8 Å². The number of aliphatic hydroxyl groups excluding tert-OH is 1. The van der Waals surface area contributed by atoms with Gasteiger partial charge in [0.25, 0.3) is 0 Å². The van der Waals surface area contributed by atoms with Crippen LogP contribution in [0.15, 0.2) is 54.6 Å². The van der Waals surface area contributed by atoms with Gasteiger partial charge >= 0.3 is 12.4 Å². The van der Waals surface area contributed by atoms with Gasteiger partial charge in [0.15, 0.2) is 0 Å². The van der Waals surface area contributed by atoms with Crippen LogP contribution in [-0.4, -0.2) is 10.1 Å². The van der Waals surface area contributed by atoms with Gasteiger partial charge in [-0.15, -0.1) is 0 Å². The molecule has 8 heteroatoms. The van der Waals surface area contributed by atoms with Crippen molar-refractivity contribution >= 4 is 10.9 Å². The lowest BCUT2D eigenvalue weighted by Crippen LogP contribution is -2.13. The highest BCUT2D eigenvalue weighted by Crippen LogP contribution is 2.38. The van der Waals surface area contributed by atoms with Crippen LogP contribution in [0.25, 0.3) is 10.9 Å². The highest BCUT2D eigenvalue weighted by atomic mass is 19.4. The zero-order valence-corrected chi connectivity index (χ0v) is 13.6. The highest BCUT2D eigenvalue weighted by molar-refractivity contribution is 5.86. The van der Waals surface area contributed by atoms with Crippen molar-refractivity contribution in [1.29, 1.82) is 0 Å². The fourth-order valence-electron chi connectivity index (χ4n) is 2.86. The molecule has 142 valence electrons. The molecule has 3 aromatic rings. The topological polar surface area (TPSA) is 33.1 Å². The van der Waals surface area contributed by atoms with Crippen molar-refractivity contribution in [1.82, 2.24) is 4.98 Å². The van der Waals surface area contributed by atoms with E-state index in [2.05, 4.69) is 4.98 Å². The summed E-state index contributed by atoms with van der Waals surface area (Å²) in [4.78, 5) is 3.23. The van der Waals surface area contributed by atoms with E-state index in [9.17, 15) is 31.4 Å². The van der Waals surface area contributed by atoms with Crippen molar-refractivity contribution in [3.05, 3.63) is 77.0 Å². The Labute approximate surface area is 150 Å². The molecule has 2 aromatic carbocycles. The number of rotatable bonds is 3. The average Bonchev–Trinajstić information content (AvgIpc) is 2.60. The number of aromatic nitrogens is 1. The second kappa shape index (κ2) is 6.84. The van der Waals surface area contributed by atoms with Crippen molar-refractivity contribution in [2.45, 2.75) is 24.9 Å². The zero-order chi connectivity index (χ0) is 19.8. The Bertz CT molecular complexity index is 950. The summed E-state index contributed by atoms with van der Waals surface area (Å²) >= 11 is 0. The van der Waals surface area contributed by atoms with Gasteiger partial charge in [-0.3, -0.25) is 0 Å². The Morgan fingerprint density at radius 2 is 1.52 bits per heavy atom. The summed E-state index contributed by atoms with van der Waals surface area (Å²) in [6.45, 7) is 0. The molecule has 0 aliphatic carbocycles. The lowest BCUT2D eigenvalue weighted by atomic mass is 9.96. The second-order valence-electron chi connectivity index (χ2n) is 5.99. The number of benzene rings is 2. The molecule has 2 nitrogen and oxygen atoms in total. The number of alkyl halides is 6. The van der Waals surface area contributed by atoms with Gasteiger partial charge in [-0.2, -0.15) is 26.3 Å². The summed E-state index contributed by atoms with van der Waals surface area (Å²) in [6, 6.07) is 11.9. The number of nitrogens with zero attached hydrogens (tertiary/aromatic N) is 1. The van der Waals surface area contributed by atoms with Gasteiger partial charge in [0, 0.05) is 11.8 Å². The van der Waals surface area contributed by atoms with Gasteiger partial charge in [0.05, 0.1) is 17.2 Å². The first kappa shape index (κ1) is 19.2. The van der Waals surface area contributed by atoms with Crippen molar-refractivity contribution in [2.24, 2.45) is 0 Å². The molecule has 1 atom stereocenters. The molecule has 0 fully saturated rings. The molecule has 0 spiro atoms. The van der Waals surface area contributed by atoms with Gasteiger partial charge < -0.3 is 5.11 Å². The van der Waals surface area contributed by atoms with Crippen molar-refractivity contribution in [2.75, 3.05) is 0 Å². The van der Waals surface area contributed by atoms with Crippen LogP contribution < -0.4 is 0 Å². The maximum Gasteiger partial charge on any atom is 0.433 e. The molecule has 0 bridgehead atoms. The highest BCUT2D eigenvalue weighted by Gasteiger charge is 2.37. The van der Waals surface area contributed by atoms with E-state index in [4.69, 9.17) is 0 Å². The van der Waals surface area contributed by atoms with E-state index in [0.717, 1.165) is 6.07 Å². The summed E-state index contributed by atoms with van der Waals surface area (Å²) in [5, 5.41) is 10.3. The molecule has 0 aliphatic heterocycles. The Morgan fingerprint density at radius 3 is 2.11 bits per heavy atom. The summed E-state index contributed by atoms with van der Waals surface area (Å²) < 4.78 is 79.2. The van der Waals surface area contributed by atoms with Crippen LogP contribution in [0.4, 0.5) is 26.3 Å². The normalized spacial score (nSPS) is 13.7. The molecule has 1 unspecified atom stereocenters. The first-order valence-electron chi connectivity index (χ1n) is 7.87. The minimum atomic E-state index is -4.92. The third-order valence-electron chi connectivity index (χ3n) is 4.12. The molecule has 0 saturated heterocycles. The van der Waals surface area contributed by atoms with E-state index in [1.165, 1.54) is 6.07 Å². The predicted octanol–water partition coefficient (Wildman–Crippen LogP) is 5.55. The van der Waals surface area contributed by atoms with Gasteiger partial charge in [0.1, 0.15) is 5.69 Å². The van der Waals surface area contributed by atoms with Crippen LogP contribution in [0, 0.1) is 0 Å². The van der Waals surface area contributed by atoms with E-state index in [-0.39, 0.29) is 17.4 Å². The fraction of sp³-hybridized carbons (Fsp3) is 0.211. The van der Waals surface area contributed by atoms with Crippen LogP contribution in [0.2, 0.25) is 0 Å². The quantitative estimate of drug-likeness (QED) is 0.600. The lowest BCUT2D eigenvalue weighted by molar-refractivity contribution is -0.142. The number of halogens is 6. The third-order valence-corrected chi connectivity index (χ3v) is 4.12. The SMILES string of the molecule is OC(Cc1cc(C(F)(F)F)nc2c(C(F)(F)F)cccc12)c1ccccc1. The molecular weight excluding hydrogens is 372 g/mol. The number of aliphatic hydroxyl groups is 1. The number of fused-ring (bicyclic) bond motifs is 1. The third kappa shape index (κ3) is 4.05. The van der Waals surface area contributed by atoms with Crippen LogP contribution in [0.3, 0.4) is 0 Å². The summed E-state index contributed by atoms with van der Waals surface area (Å²) in [7, 11) is 0. The van der Waals surface area contributed by atoms with E-state index in [1.54, 1.807) is 30.3 Å². The van der Waals surface area contributed by atoms with Crippen molar-refractivity contribution in [3.8, 4) is 0 Å². The molecule has 3 rings (SSSR count). The molecule has 1 N–H and O–H groups in total. The van der Waals surface area contributed by atoms with E-state index in [0.29, 0.717) is 17.7 Å². The van der Waals surface area contributed by atoms with E-state index in [1.807, 2.05) is 0 Å². The number of para-hydroxylation sites is 1. The molecule has 1 heterocycles. The van der Waals surface area contributed by atoms with Crippen molar-refractivity contribution in [3.63, 3.8) is 0 Å². The summed E-state index contributed by atoms with van der Waals surface area (Å²) in [6.07, 6.45) is -11.2. The Morgan fingerprint density at radius 1 is 0.852 bits per heavy atom. The number of pyridine rings is 1. The van der Waals surface area contributed by atoms with Gasteiger partial charge in [-0.05, 0) is 23.3 Å². The van der Waals surface area contributed by atoms with Gasteiger partial charge in [0.2, 0.25) is 0 Å². The summed E-state index contributed by atoms with van der Waals surface area (Å²) in [5.74, 6) is 0. The van der Waals surface area contributed by atoms with Gasteiger partial charge in [-0.1, -0.05) is 42.5 Å². The molecule has 0 radical (unpaired) electrons. The molecular formula is C19H13F6NO. The number of hydrogen-bond acceptors (Lipinski definition) is 2. The minimum absolute atomic E-state index is 0.0604. The smallest absolute Gasteiger partial charge is 0.388 e. The second-order valence-corrected chi connectivity index (χ2v) is 5.99. The fourth-order valence-corrected chi connectivity index (χ4v) is 2.86. The maximum atomic E-state index is 13.2. The first-order valence-corrected chi connectivity index (χ1v) is 7.87. The molecule has 0 saturated carbocycles. The average molecular weight is 385 g/mol. The Kier molecular flexibility index (Phi) is 4.86. The maximum absolute atomic E-state index is 13.2. The van der Waals surface area contributed by atoms with Crippen LogP contribution >= 0.6 is 0 Å². The zero-order valence-electron chi connectivity index (χ0n) is 13.6. The van der Waals surface area contributed by atoms with Gasteiger partial charge in [-0.25, -0.2) is 4.98 Å². The Hall–Kier alpha value is -2.61. The number of hydrogen-bond donors (Lipinski definition) is 1. The molecule has 0 aliphatic rings. The minimum Gasteiger partial charge on any atom is -0.388 e. The van der Waals surface area contributed by atoms with Crippen molar-refractivity contribution < 1.29 is 31.4 Å². The summed E-state index contributed by atoms with van der Waals surface area (Å²) in [5.41, 5.74) is -3.07. The van der Waals surface area contributed by atoms with Crippen LogP contribution in [0.1, 0.15) is 28.5 Å². The molecule has 0 amide bonds. The van der Waals surface area contributed by atoms with E-state index < -0.39 is 35.2 Å². The first-order chi connectivity index (χ1) is 12.6. The van der Waals surface area contributed by atoms with Crippen LogP contribution in [0.5, 0.6) is 0 Å².